The first-order chi connectivity index (χ1) is 30.7. The van der Waals surface area contributed by atoms with Gasteiger partial charge >= 0.3 is 0 Å². The molecule has 12 aromatic rings. The van der Waals surface area contributed by atoms with Gasteiger partial charge < -0.3 is 4.57 Å². The molecule has 5 heteroatoms. The standard InChI is InChI=1S/C57H36N4S/c1-5-16-37(17-6-1)41-29-31-51-50(35-41)47-30-28-42(38-18-7-2-8-19-38)36-52(47)61(51)45-33-43(46-25-15-26-49-48-24-13-14-27-53(48)62-54(46)49)32-44(34-45)57-59-55(39-20-9-3-10-21-39)58-56(60-57)40-22-11-4-12-23-40/h1-36H. The molecule has 3 heterocycles. The van der Waals surface area contributed by atoms with Crippen LogP contribution >= 0.6 is 11.3 Å². The monoisotopic (exact) mass is 808 g/mol. The summed E-state index contributed by atoms with van der Waals surface area (Å²) in [5.74, 6) is 1.87. The van der Waals surface area contributed by atoms with Crippen LogP contribution in [0.5, 0.6) is 0 Å². The van der Waals surface area contributed by atoms with Crippen molar-refractivity contribution in [3.63, 3.8) is 0 Å². The average molecular weight is 809 g/mol. The van der Waals surface area contributed by atoms with Crippen LogP contribution in [0.25, 0.3) is 115 Å². The number of rotatable bonds is 7. The van der Waals surface area contributed by atoms with Crippen LogP contribution in [0.2, 0.25) is 0 Å². The minimum Gasteiger partial charge on any atom is -0.309 e. The Hall–Kier alpha value is -7.99. The van der Waals surface area contributed by atoms with Gasteiger partial charge in [-0.1, -0.05) is 176 Å². The van der Waals surface area contributed by atoms with Gasteiger partial charge in [0.1, 0.15) is 0 Å². The number of aromatic nitrogens is 4. The molecule has 4 nitrogen and oxygen atoms in total. The molecule has 9 aromatic carbocycles. The van der Waals surface area contributed by atoms with Crippen molar-refractivity contribution in [2.45, 2.75) is 0 Å². The van der Waals surface area contributed by atoms with Crippen molar-refractivity contribution in [3.05, 3.63) is 218 Å². The molecule has 0 bridgehead atoms. The molecule has 0 aliphatic heterocycles. The van der Waals surface area contributed by atoms with E-state index in [0.717, 1.165) is 44.5 Å². The molecule has 0 unspecified atom stereocenters. The largest absolute Gasteiger partial charge is 0.309 e. The van der Waals surface area contributed by atoms with Gasteiger partial charge in [-0.15, -0.1) is 11.3 Å². The molecule has 0 fully saturated rings. The van der Waals surface area contributed by atoms with Crippen molar-refractivity contribution >= 4 is 53.3 Å². The van der Waals surface area contributed by atoms with Gasteiger partial charge in [-0.05, 0) is 75.8 Å². The lowest BCUT2D eigenvalue weighted by molar-refractivity contribution is 1.07. The van der Waals surface area contributed by atoms with E-state index in [9.17, 15) is 0 Å². The molecular formula is C57H36N4S. The summed E-state index contributed by atoms with van der Waals surface area (Å²) in [6.45, 7) is 0. The zero-order valence-corrected chi connectivity index (χ0v) is 34.3. The van der Waals surface area contributed by atoms with Gasteiger partial charge in [-0.2, -0.15) is 0 Å². The molecule has 290 valence electrons. The number of fused-ring (bicyclic) bond motifs is 6. The van der Waals surface area contributed by atoms with Crippen LogP contribution in [-0.2, 0) is 0 Å². The lowest BCUT2D eigenvalue weighted by atomic mass is 9.99. The van der Waals surface area contributed by atoms with Crippen LogP contribution in [0.4, 0.5) is 0 Å². The Kier molecular flexibility index (Phi) is 8.65. The summed E-state index contributed by atoms with van der Waals surface area (Å²) >= 11 is 1.84. The molecule has 3 aromatic heterocycles. The van der Waals surface area contributed by atoms with Gasteiger partial charge in [-0.3, -0.25) is 0 Å². The van der Waals surface area contributed by atoms with Crippen molar-refractivity contribution < 1.29 is 0 Å². The fourth-order valence-electron chi connectivity index (χ4n) is 8.86. The Bertz CT molecular complexity index is 3560. The van der Waals surface area contributed by atoms with Crippen molar-refractivity contribution in [2.24, 2.45) is 0 Å². The molecule has 0 saturated heterocycles. The highest BCUT2D eigenvalue weighted by Crippen LogP contribution is 2.43. The van der Waals surface area contributed by atoms with Gasteiger partial charge in [0.05, 0.1) is 11.0 Å². The maximum Gasteiger partial charge on any atom is 0.164 e. The molecule has 0 aliphatic rings. The van der Waals surface area contributed by atoms with Crippen LogP contribution in [0.3, 0.4) is 0 Å². The van der Waals surface area contributed by atoms with E-state index in [1.54, 1.807) is 0 Å². The van der Waals surface area contributed by atoms with E-state index in [4.69, 9.17) is 15.0 Å². The summed E-state index contributed by atoms with van der Waals surface area (Å²) < 4.78 is 4.96. The number of nitrogens with zero attached hydrogens (tertiary/aromatic N) is 4. The van der Waals surface area contributed by atoms with Crippen molar-refractivity contribution in [1.82, 2.24) is 19.5 Å². The van der Waals surface area contributed by atoms with Gasteiger partial charge in [0.25, 0.3) is 0 Å². The summed E-state index contributed by atoms with van der Waals surface area (Å²) in [5, 5.41) is 4.91. The van der Waals surface area contributed by atoms with E-state index in [1.165, 1.54) is 53.2 Å². The minimum atomic E-state index is 0.612. The Morgan fingerprint density at radius 2 is 0.839 bits per heavy atom. The van der Waals surface area contributed by atoms with Crippen LogP contribution in [0.1, 0.15) is 0 Å². The highest BCUT2D eigenvalue weighted by atomic mass is 32.1. The molecule has 0 amide bonds. The van der Waals surface area contributed by atoms with Gasteiger partial charge in [0.15, 0.2) is 17.5 Å². The van der Waals surface area contributed by atoms with E-state index >= 15 is 0 Å². The topological polar surface area (TPSA) is 43.6 Å². The number of hydrogen-bond donors (Lipinski definition) is 0. The third kappa shape index (κ3) is 6.26. The molecule has 0 saturated carbocycles. The summed E-state index contributed by atoms with van der Waals surface area (Å²) in [7, 11) is 0. The lowest BCUT2D eigenvalue weighted by Gasteiger charge is -2.15. The number of hydrogen-bond acceptors (Lipinski definition) is 4. The molecule has 0 radical (unpaired) electrons. The van der Waals surface area contributed by atoms with E-state index in [0.29, 0.717) is 17.5 Å². The van der Waals surface area contributed by atoms with Crippen LogP contribution in [0.15, 0.2) is 218 Å². The van der Waals surface area contributed by atoms with E-state index in [1.807, 2.05) is 47.7 Å². The fourth-order valence-corrected chi connectivity index (χ4v) is 10.1. The van der Waals surface area contributed by atoms with Crippen molar-refractivity contribution in [1.29, 1.82) is 0 Å². The van der Waals surface area contributed by atoms with Crippen LogP contribution < -0.4 is 0 Å². The summed E-state index contributed by atoms with van der Waals surface area (Å²) in [6, 6.07) is 77.7. The van der Waals surface area contributed by atoms with E-state index in [-0.39, 0.29) is 0 Å². The Labute approximate surface area is 362 Å². The second kappa shape index (κ2) is 14.9. The van der Waals surface area contributed by atoms with E-state index in [2.05, 4.69) is 187 Å². The second-order valence-electron chi connectivity index (χ2n) is 15.6. The maximum atomic E-state index is 5.25. The van der Waals surface area contributed by atoms with Crippen molar-refractivity contribution in [3.8, 4) is 73.2 Å². The number of thiophene rings is 1. The molecule has 0 spiro atoms. The molecular weight excluding hydrogens is 773 g/mol. The Morgan fingerprint density at radius 3 is 1.50 bits per heavy atom. The van der Waals surface area contributed by atoms with Crippen LogP contribution in [0, 0.1) is 0 Å². The predicted octanol–water partition coefficient (Wildman–Crippen LogP) is 15.3. The molecule has 0 N–H and O–H groups in total. The average Bonchev–Trinajstić information content (AvgIpc) is 3.90. The molecule has 62 heavy (non-hydrogen) atoms. The lowest BCUT2D eigenvalue weighted by Crippen LogP contribution is -2.02. The first kappa shape index (κ1) is 35.9. The highest BCUT2D eigenvalue weighted by Gasteiger charge is 2.20. The van der Waals surface area contributed by atoms with Crippen LogP contribution in [-0.4, -0.2) is 19.5 Å². The predicted molar refractivity (Wildman–Crippen MR) is 260 cm³/mol. The summed E-state index contributed by atoms with van der Waals surface area (Å²) in [4.78, 5) is 15.5. The number of benzene rings is 9. The summed E-state index contributed by atoms with van der Waals surface area (Å²) in [6.07, 6.45) is 0. The summed E-state index contributed by atoms with van der Waals surface area (Å²) in [5.41, 5.74) is 13.0. The van der Waals surface area contributed by atoms with Crippen molar-refractivity contribution in [2.75, 3.05) is 0 Å². The quantitative estimate of drug-likeness (QED) is 0.161. The minimum absolute atomic E-state index is 0.612. The smallest absolute Gasteiger partial charge is 0.164 e. The SMILES string of the molecule is c1ccc(-c2ccc3c(c2)c2ccc(-c4ccccc4)cc2n3-c2cc(-c3nc(-c4ccccc4)nc(-c4ccccc4)n3)cc(-c3cccc4c3sc3ccccc34)c2)cc1. The second-order valence-corrected chi connectivity index (χ2v) is 16.7. The van der Waals surface area contributed by atoms with Gasteiger partial charge in [-0.25, -0.2) is 15.0 Å². The molecule has 12 rings (SSSR count). The Morgan fingerprint density at radius 1 is 0.306 bits per heavy atom. The first-order valence-corrected chi connectivity index (χ1v) is 21.7. The first-order valence-electron chi connectivity index (χ1n) is 20.8. The maximum absolute atomic E-state index is 5.25. The normalized spacial score (nSPS) is 11.5. The zero-order chi connectivity index (χ0) is 41.0. The zero-order valence-electron chi connectivity index (χ0n) is 33.5. The third-order valence-electron chi connectivity index (χ3n) is 11.8. The fraction of sp³-hybridized carbons (Fsp3) is 0. The molecule has 0 atom stereocenters. The van der Waals surface area contributed by atoms with Gasteiger partial charge in [0.2, 0.25) is 0 Å². The highest BCUT2D eigenvalue weighted by molar-refractivity contribution is 7.26. The van der Waals surface area contributed by atoms with Gasteiger partial charge in [0, 0.05) is 53.3 Å². The van der Waals surface area contributed by atoms with E-state index < -0.39 is 0 Å². The molecule has 0 aliphatic carbocycles. The third-order valence-corrected chi connectivity index (χ3v) is 13.0. The Balaban J connectivity index is 1.16.